The minimum atomic E-state index is -0.638. The van der Waals surface area contributed by atoms with Gasteiger partial charge in [-0.1, -0.05) is 6.07 Å². The van der Waals surface area contributed by atoms with Gasteiger partial charge in [-0.25, -0.2) is 18.6 Å². The minimum Gasteiger partial charge on any atom is -0.464 e. The smallest absolute Gasteiger partial charge is 0.358 e. The number of nitrogen functional groups attached to an aromatic ring is 1. The first-order valence-electron chi connectivity index (χ1n) is 5.78. The zero-order valence-corrected chi connectivity index (χ0v) is 10.7. The Labute approximate surface area is 114 Å². The van der Waals surface area contributed by atoms with Crippen molar-refractivity contribution in [3.05, 3.63) is 58.9 Å². The highest BCUT2D eigenvalue weighted by Gasteiger charge is 2.13. The van der Waals surface area contributed by atoms with Gasteiger partial charge < -0.3 is 10.5 Å². The Morgan fingerprint density at radius 3 is 2.70 bits per heavy atom. The van der Waals surface area contributed by atoms with Crippen LogP contribution in [0.4, 0.5) is 14.5 Å². The molecule has 0 bridgehead atoms. The topological polar surface area (TPSA) is 65.2 Å². The minimum absolute atomic E-state index is 0.0100. The molecule has 1 heterocycles. The number of esters is 1. The van der Waals surface area contributed by atoms with Gasteiger partial charge in [0, 0.05) is 18.7 Å². The van der Waals surface area contributed by atoms with E-state index in [2.05, 4.69) is 9.72 Å². The molecule has 104 valence electrons. The number of nitrogens with zero attached hydrogens (tertiary/aromatic N) is 1. The van der Waals surface area contributed by atoms with E-state index in [-0.39, 0.29) is 17.8 Å². The molecule has 6 heteroatoms. The van der Waals surface area contributed by atoms with Crippen molar-refractivity contribution in [2.75, 3.05) is 12.8 Å². The van der Waals surface area contributed by atoms with Crippen molar-refractivity contribution in [3.63, 3.8) is 0 Å². The number of hydrogen-bond donors (Lipinski definition) is 1. The standard InChI is InChI=1S/C14H12F2N2O2/c1-20-14(19)13-12(17)5-8(7-18-13)4-9-2-3-10(15)6-11(9)16/h2-3,5-7H,4,17H2,1H3. The van der Waals surface area contributed by atoms with E-state index >= 15 is 0 Å². The first-order chi connectivity index (χ1) is 9.51. The van der Waals surface area contributed by atoms with E-state index in [9.17, 15) is 13.6 Å². The SMILES string of the molecule is COC(=O)c1ncc(Cc2ccc(F)cc2F)cc1N. The van der Waals surface area contributed by atoms with Gasteiger partial charge in [0.25, 0.3) is 0 Å². The summed E-state index contributed by atoms with van der Waals surface area (Å²) in [5.74, 6) is -1.91. The van der Waals surface area contributed by atoms with E-state index in [4.69, 9.17) is 5.73 Å². The van der Waals surface area contributed by atoms with Crippen molar-refractivity contribution < 1.29 is 18.3 Å². The number of rotatable bonds is 3. The summed E-state index contributed by atoms with van der Waals surface area (Å²) in [6.07, 6.45) is 1.61. The number of pyridine rings is 1. The summed E-state index contributed by atoms with van der Waals surface area (Å²) in [6, 6.07) is 4.87. The Bertz CT molecular complexity index is 660. The first kappa shape index (κ1) is 13.9. The van der Waals surface area contributed by atoms with Crippen LogP contribution in [0.15, 0.2) is 30.5 Å². The Morgan fingerprint density at radius 1 is 1.35 bits per heavy atom. The summed E-state index contributed by atoms with van der Waals surface area (Å²) >= 11 is 0. The predicted molar refractivity (Wildman–Crippen MR) is 69.2 cm³/mol. The number of carbonyl (C=O) groups excluding carboxylic acids is 1. The van der Waals surface area contributed by atoms with Gasteiger partial charge in [-0.3, -0.25) is 0 Å². The van der Waals surface area contributed by atoms with Crippen LogP contribution in [-0.2, 0) is 11.2 Å². The highest BCUT2D eigenvalue weighted by Crippen LogP contribution is 2.18. The first-order valence-corrected chi connectivity index (χ1v) is 5.78. The fourth-order valence-corrected chi connectivity index (χ4v) is 1.78. The number of hydrogen-bond acceptors (Lipinski definition) is 4. The molecule has 0 saturated heterocycles. The van der Waals surface area contributed by atoms with Crippen LogP contribution < -0.4 is 5.73 Å². The van der Waals surface area contributed by atoms with Gasteiger partial charge in [0.05, 0.1) is 12.8 Å². The molecule has 2 aromatic rings. The molecule has 0 atom stereocenters. The molecule has 2 rings (SSSR count). The summed E-state index contributed by atoms with van der Waals surface area (Å²) in [4.78, 5) is 15.2. The van der Waals surface area contributed by atoms with Gasteiger partial charge in [0.2, 0.25) is 0 Å². The maximum atomic E-state index is 13.5. The largest absolute Gasteiger partial charge is 0.464 e. The Hall–Kier alpha value is -2.50. The molecule has 2 N–H and O–H groups in total. The van der Waals surface area contributed by atoms with E-state index < -0.39 is 17.6 Å². The van der Waals surface area contributed by atoms with Crippen LogP contribution in [0.5, 0.6) is 0 Å². The Morgan fingerprint density at radius 2 is 2.10 bits per heavy atom. The number of carbonyl (C=O) groups is 1. The van der Waals surface area contributed by atoms with Crippen molar-refractivity contribution in [2.24, 2.45) is 0 Å². The highest BCUT2D eigenvalue weighted by atomic mass is 19.1. The molecule has 0 amide bonds. The maximum absolute atomic E-state index is 13.5. The lowest BCUT2D eigenvalue weighted by Crippen LogP contribution is -2.09. The van der Waals surface area contributed by atoms with E-state index in [0.717, 1.165) is 6.07 Å². The number of ether oxygens (including phenoxy) is 1. The number of anilines is 1. The van der Waals surface area contributed by atoms with Gasteiger partial charge in [-0.05, 0) is 23.3 Å². The van der Waals surface area contributed by atoms with Crippen molar-refractivity contribution in [3.8, 4) is 0 Å². The molecule has 0 radical (unpaired) electrons. The second kappa shape index (κ2) is 5.64. The third-order valence-electron chi connectivity index (χ3n) is 2.76. The molecule has 1 aromatic heterocycles. The van der Waals surface area contributed by atoms with Gasteiger partial charge in [-0.15, -0.1) is 0 Å². The molecule has 0 aliphatic heterocycles. The molecule has 1 aromatic carbocycles. The van der Waals surface area contributed by atoms with Crippen LogP contribution in [0.25, 0.3) is 0 Å². The lowest BCUT2D eigenvalue weighted by molar-refractivity contribution is 0.0595. The lowest BCUT2D eigenvalue weighted by Gasteiger charge is -2.07. The molecular weight excluding hydrogens is 266 g/mol. The van der Waals surface area contributed by atoms with Crippen molar-refractivity contribution in [2.45, 2.75) is 6.42 Å². The molecule has 4 nitrogen and oxygen atoms in total. The van der Waals surface area contributed by atoms with Gasteiger partial charge in [0.15, 0.2) is 5.69 Å². The third-order valence-corrected chi connectivity index (χ3v) is 2.76. The van der Waals surface area contributed by atoms with E-state index in [0.29, 0.717) is 11.1 Å². The molecule has 0 saturated carbocycles. The molecule has 0 unspecified atom stereocenters. The zero-order valence-electron chi connectivity index (χ0n) is 10.7. The number of aromatic nitrogens is 1. The van der Waals surface area contributed by atoms with Crippen LogP contribution in [0.3, 0.4) is 0 Å². The maximum Gasteiger partial charge on any atom is 0.358 e. The highest BCUT2D eigenvalue weighted by molar-refractivity contribution is 5.92. The Kier molecular flexibility index (Phi) is 3.93. The molecule has 20 heavy (non-hydrogen) atoms. The number of methoxy groups -OCH3 is 1. The molecule has 0 aliphatic rings. The summed E-state index contributed by atoms with van der Waals surface area (Å²) in [5.41, 5.74) is 6.79. The second-order valence-electron chi connectivity index (χ2n) is 4.19. The quantitative estimate of drug-likeness (QED) is 0.875. The Balaban J connectivity index is 2.26. The molecule has 0 aliphatic carbocycles. The molecule has 0 fully saturated rings. The van der Waals surface area contributed by atoms with Crippen LogP contribution in [-0.4, -0.2) is 18.1 Å². The van der Waals surface area contributed by atoms with E-state index in [1.807, 2.05) is 0 Å². The van der Waals surface area contributed by atoms with Gasteiger partial charge >= 0.3 is 5.97 Å². The van der Waals surface area contributed by atoms with E-state index in [1.165, 1.54) is 31.5 Å². The summed E-state index contributed by atoms with van der Waals surface area (Å²) in [5, 5.41) is 0. The van der Waals surface area contributed by atoms with Gasteiger partial charge in [0.1, 0.15) is 11.6 Å². The number of nitrogens with two attached hydrogens (primary N) is 1. The fraction of sp³-hybridized carbons (Fsp3) is 0.143. The number of halogens is 2. The summed E-state index contributed by atoms with van der Waals surface area (Å²) in [7, 11) is 1.23. The third kappa shape index (κ3) is 2.90. The van der Waals surface area contributed by atoms with Crippen LogP contribution >= 0.6 is 0 Å². The predicted octanol–water partition coefficient (Wildman–Crippen LogP) is 2.32. The van der Waals surface area contributed by atoms with Crippen molar-refractivity contribution in [1.29, 1.82) is 0 Å². The second-order valence-corrected chi connectivity index (χ2v) is 4.19. The average Bonchev–Trinajstić information content (AvgIpc) is 2.41. The molecule has 0 spiro atoms. The zero-order chi connectivity index (χ0) is 14.7. The summed E-state index contributed by atoms with van der Waals surface area (Å²) < 4.78 is 30.9. The fourth-order valence-electron chi connectivity index (χ4n) is 1.78. The lowest BCUT2D eigenvalue weighted by atomic mass is 10.1. The van der Waals surface area contributed by atoms with Crippen molar-refractivity contribution in [1.82, 2.24) is 4.98 Å². The summed E-state index contributed by atoms with van der Waals surface area (Å²) in [6.45, 7) is 0. The van der Waals surface area contributed by atoms with Gasteiger partial charge in [-0.2, -0.15) is 0 Å². The van der Waals surface area contributed by atoms with E-state index in [1.54, 1.807) is 0 Å². The average molecular weight is 278 g/mol. The normalized spacial score (nSPS) is 10.3. The molecular formula is C14H12F2N2O2. The van der Waals surface area contributed by atoms with Crippen LogP contribution in [0.2, 0.25) is 0 Å². The number of benzene rings is 1. The monoisotopic (exact) mass is 278 g/mol. The van der Waals surface area contributed by atoms with Crippen LogP contribution in [0.1, 0.15) is 21.6 Å². The van der Waals surface area contributed by atoms with Crippen molar-refractivity contribution >= 4 is 11.7 Å². The van der Waals surface area contributed by atoms with Crippen LogP contribution in [0, 0.1) is 11.6 Å².